The third-order valence-electron chi connectivity index (χ3n) is 1.80. The molecule has 17 heavy (non-hydrogen) atoms. The number of hydrogen-bond donors (Lipinski definition) is 1. The predicted molar refractivity (Wildman–Crippen MR) is 81.4 cm³/mol. The summed E-state index contributed by atoms with van der Waals surface area (Å²) in [5.41, 5.74) is 1.32. The van der Waals surface area contributed by atoms with Crippen LogP contribution < -0.4 is 0 Å². The Morgan fingerprint density at radius 2 is 1.94 bits per heavy atom. The smallest absolute Gasteiger partial charge is 0.392 e. The largest absolute Gasteiger partial charge is 2.00 e. The first-order valence-corrected chi connectivity index (χ1v) is 6.73. The quantitative estimate of drug-likeness (QED) is 0.282. The molecule has 0 heterocycles. The maximum absolute atomic E-state index is 10.0. The molecule has 92 valence electrons. The van der Waals surface area contributed by atoms with Crippen LogP contribution in [0.5, 0.6) is 0 Å². The van der Waals surface area contributed by atoms with Gasteiger partial charge in [-0.1, -0.05) is 6.92 Å². The molecule has 0 aromatic heterocycles. The van der Waals surface area contributed by atoms with Crippen LogP contribution in [0, 0.1) is 6.92 Å². The van der Waals surface area contributed by atoms with E-state index >= 15 is 0 Å². The standard InChI is InChI=1S/C8H7O2.C3H8BIP.W/c9-5-7-1-2-8(6-10)4-3-7;1-3(2)4(5)6;/h1-4,9H,5H2;3H,1,6H2,2H3;/q2*-1;+2. The van der Waals surface area contributed by atoms with Gasteiger partial charge in [0.05, 0.1) is 12.9 Å². The molecule has 0 fully saturated rings. The Kier molecular flexibility index (Phi) is 14.0. The number of rotatable bonds is 3. The Labute approximate surface area is 134 Å². The molecule has 0 aliphatic carbocycles. The van der Waals surface area contributed by atoms with E-state index in [1.54, 1.807) is 30.6 Å². The Hall–Kier alpha value is 0.763. The van der Waals surface area contributed by atoms with Crippen LogP contribution >= 0.6 is 31.5 Å². The Bertz CT molecular complexity index is 301. The van der Waals surface area contributed by atoms with Gasteiger partial charge in [0.25, 0.3) is 0 Å². The zero-order valence-electron chi connectivity index (χ0n) is 9.60. The molecule has 0 aliphatic heterocycles. The molecule has 1 N–H and O–H groups in total. The van der Waals surface area contributed by atoms with E-state index in [1.807, 2.05) is 0 Å². The van der Waals surface area contributed by atoms with Crippen LogP contribution in [0.4, 0.5) is 0 Å². The molecule has 0 radical (unpaired) electrons. The fourth-order valence-corrected chi connectivity index (χ4v) is 0.678. The van der Waals surface area contributed by atoms with Crippen molar-refractivity contribution >= 4 is 42.1 Å². The number of halogens is 1. The van der Waals surface area contributed by atoms with Gasteiger partial charge in [-0.3, -0.25) is 0 Å². The number of aliphatic hydroxyl groups is 1. The summed E-state index contributed by atoms with van der Waals surface area (Å²) >= 11 is 2.33. The SMILES string of the molecule is O=[C-]c1ccc(CO)cc1.[CH2-]C(C)B(P)I.[W+2]. The molecule has 0 amide bonds. The second-order valence-corrected chi connectivity index (χ2v) is 6.89. The van der Waals surface area contributed by atoms with Crippen molar-refractivity contribution in [3.63, 3.8) is 0 Å². The zero-order valence-corrected chi connectivity index (χ0v) is 15.8. The van der Waals surface area contributed by atoms with Gasteiger partial charge in [0.2, 0.25) is 4.29 Å². The number of hydrogen-bond acceptors (Lipinski definition) is 2. The van der Waals surface area contributed by atoms with Crippen molar-refractivity contribution in [2.45, 2.75) is 19.3 Å². The molecule has 0 saturated heterocycles. The molecular formula is C11H15BIO2PW. The van der Waals surface area contributed by atoms with Gasteiger partial charge in [0, 0.05) is 0 Å². The second kappa shape index (κ2) is 11.8. The number of aliphatic hydroxyl groups excluding tert-OH is 1. The van der Waals surface area contributed by atoms with Gasteiger partial charge >= 0.3 is 21.1 Å². The Balaban J connectivity index is 0. The van der Waals surface area contributed by atoms with E-state index < -0.39 is 0 Å². The summed E-state index contributed by atoms with van der Waals surface area (Å²) in [6.07, 6.45) is 1.75. The molecule has 0 spiro atoms. The summed E-state index contributed by atoms with van der Waals surface area (Å²) < 4.78 is 0.627. The summed E-state index contributed by atoms with van der Waals surface area (Å²) in [4.78, 5) is 10.0. The average Bonchev–Trinajstić information content (AvgIpc) is 2.30. The van der Waals surface area contributed by atoms with Crippen molar-refractivity contribution in [1.82, 2.24) is 0 Å². The van der Waals surface area contributed by atoms with Crippen LogP contribution in [0.3, 0.4) is 0 Å². The fraction of sp³-hybridized carbons (Fsp3) is 0.273. The van der Waals surface area contributed by atoms with Gasteiger partial charge in [0.15, 0.2) is 0 Å². The van der Waals surface area contributed by atoms with E-state index in [0.29, 0.717) is 15.7 Å². The Morgan fingerprint density at radius 3 is 2.18 bits per heavy atom. The molecule has 1 aromatic rings. The molecular weight excluding hydrogens is 517 g/mol. The molecule has 0 aliphatic rings. The van der Waals surface area contributed by atoms with Gasteiger partial charge in [-0.15, -0.1) is 34.5 Å². The predicted octanol–water partition coefficient (Wildman–Crippen LogP) is 2.64. The van der Waals surface area contributed by atoms with Crippen molar-refractivity contribution in [1.29, 1.82) is 0 Å². The zero-order chi connectivity index (χ0) is 12.6. The van der Waals surface area contributed by atoms with Crippen LogP contribution in [0.1, 0.15) is 18.1 Å². The van der Waals surface area contributed by atoms with Crippen LogP contribution in [-0.4, -0.2) is 15.7 Å². The molecule has 1 aromatic carbocycles. The maximum Gasteiger partial charge on any atom is 2.00 e. The summed E-state index contributed by atoms with van der Waals surface area (Å²) in [6.45, 7) is 5.92. The molecule has 2 nitrogen and oxygen atoms in total. The summed E-state index contributed by atoms with van der Waals surface area (Å²) in [7, 11) is 2.70. The molecule has 0 saturated carbocycles. The number of carbonyl (C=O) groups excluding carboxylic acids is 1. The first-order chi connectivity index (χ1) is 7.51. The van der Waals surface area contributed by atoms with Gasteiger partial charge in [-0.25, -0.2) is 0 Å². The summed E-state index contributed by atoms with van der Waals surface area (Å²) in [6, 6.07) is 6.64. The third-order valence-corrected chi connectivity index (χ3v) is 3.68. The van der Waals surface area contributed by atoms with Crippen molar-refractivity contribution in [2.75, 3.05) is 0 Å². The van der Waals surface area contributed by atoms with E-state index in [0.717, 1.165) is 5.56 Å². The first-order valence-electron chi connectivity index (χ1n) is 4.82. The van der Waals surface area contributed by atoms with E-state index in [2.05, 4.69) is 45.3 Å². The van der Waals surface area contributed by atoms with E-state index in [9.17, 15) is 4.79 Å². The normalized spacial score (nSPS) is 10.4. The van der Waals surface area contributed by atoms with Crippen LogP contribution in [0.25, 0.3) is 0 Å². The summed E-state index contributed by atoms with van der Waals surface area (Å²) in [5.74, 6) is 0.551. The molecule has 0 bridgehead atoms. The fourth-order valence-electron chi connectivity index (χ4n) is 0.678. The second-order valence-electron chi connectivity index (χ2n) is 3.38. The minimum Gasteiger partial charge on any atom is -0.392 e. The molecule has 2 unspecified atom stereocenters. The Morgan fingerprint density at radius 1 is 1.53 bits per heavy atom. The van der Waals surface area contributed by atoms with Gasteiger partial charge in [0.1, 0.15) is 0 Å². The molecule has 2 atom stereocenters. The number of benzene rings is 1. The minimum absolute atomic E-state index is 0. The average molecular weight is 532 g/mol. The van der Waals surface area contributed by atoms with Crippen molar-refractivity contribution < 1.29 is 31.0 Å². The molecule has 1 rings (SSSR count). The van der Waals surface area contributed by atoms with Crippen molar-refractivity contribution in [3.05, 3.63) is 42.3 Å². The van der Waals surface area contributed by atoms with E-state index in [4.69, 9.17) is 5.11 Å². The van der Waals surface area contributed by atoms with Crippen molar-refractivity contribution in [3.8, 4) is 0 Å². The van der Waals surface area contributed by atoms with Gasteiger partial charge < -0.3 is 16.8 Å². The minimum atomic E-state index is 0. The van der Waals surface area contributed by atoms with Crippen LogP contribution in [0.15, 0.2) is 24.3 Å². The van der Waals surface area contributed by atoms with Gasteiger partial charge in [-0.05, 0) is 5.56 Å². The van der Waals surface area contributed by atoms with Gasteiger partial charge in [-0.2, -0.15) is 32.6 Å². The summed E-state index contributed by atoms with van der Waals surface area (Å²) in [5, 5.41) is 8.60. The molecule has 6 heteroatoms. The van der Waals surface area contributed by atoms with E-state index in [-0.39, 0.29) is 27.7 Å². The first kappa shape index (κ1) is 20.1. The van der Waals surface area contributed by atoms with Crippen molar-refractivity contribution in [2.24, 2.45) is 0 Å². The topological polar surface area (TPSA) is 37.3 Å². The van der Waals surface area contributed by atoms with Crippen LogP contribution in [-0.2, 0) is 32.5 Å². The van der Waals surface area contributed by atoms with Crippen LogP contribution in [0.2, 0.25) is 5.82 Å². The van der Waals surface area contributed by atoms with E-state index in [1.165, 1.54) is 0 Å². The maximum atomic E-state index is 10.0. The third kappa shape index (κ3) is 10.4. The monoisotopic (exact) mass is 532 g/mol.